The summed E-state index contributed by atoms with van der Waals surface area (Å²) < 4.78 is 27.2. The first-order valence-corrected chi connectivity index (χ1v) is 11.2. The highest BCUT2D eigenvalue weighted by molar-refractivity contribution is 7.92. The molecule has 0 bridgehead atoms. The number of aryl methyl sites for hydroxylation is 1. The van der Waals surface area contributed by atoms with Crippen molar-refractivity contribution in [1.82, 2.24) is 4.90 Å². The van der Waals surface area contributed by atoms with Gasteiger partial charge < -0.3 is 4.90 Å². The first-order valence-electron chi connectivity index (χ1n) is 9.34. The van der Waals surface area contributed by atoms with Gasteiger partial charge in [-0.3, -0.25) is 9.10 Å². The summed E-state index contributed by atoms with van der Waals surface area (Å²) in [5, 5.41) is 0.610. The minimum absolute atomic E-state index is 0.196. The molecule has 0 atom stereocenters. The Labute approximate surface area is 182 Å². The molecular formula is C23H23ClN2O3S. The molecule has 3 aromatic carbocycles. The van der Waals surface area contributed by atoms with E-state index in [1.807, 2.05) is 25.1 Å². The molecule has 156 valence electrons. The van der Waals surface area contributed by atoms with Gasteiger partial charge in [-0.2, -0.15) is 0 Å². The van der Waals surface area contributed by atoms with E-state index in [9.17, 15) is 13.2 Å². The van der Waals surface area contributed by atoms with Crippen LogP contribution in [0.25, 0.3) is 0 Å². The minimum Gasteiger partial charge on any atom is -0.337 e. The minimum atomic E-state index is -3.74. The van der Waals surface area contributed by atoms with Crippen LogP contribution in [0.15, 0.2) is 77.7 Å². The van der Waals surface area contributed by atoms with Crippen LogP contribution in [-0.2, 0) is 16.6 Å². The van der Waals surface area contributed by atoms with E-state index in [1.54, 1.807) is 66.5 Å². The highest BCUT2D eigenvalue weighted by Gasteiger charge is 2.23. The van der Waals surface area contributed by atoms with Gasteiger partial charge in [-0.1, -0.05) is 48.0 Å². The van der Waals surface area contributed by atoms with Crippen molar-refractivity contribution >= 4 is 33.2 Å². The SMILES string of the molecule is Cc1ccc(C(=O)N(C)Cc2cccc(Cl)c2)cc1N(C)S(=O)(=O)c1ccccc1. The van der Waals surface area contributed by atoms with Crippen LogP contribution in [0.5, 0.6) is 0 Å². The second-order valence-corrected chi connectivity index (χ2v) is 9.48. The van der Waals surface area contributed by atoms with Gasteiger partial charge in [-0.25, -0.2) is 8.42 Å². The van der Waals surface area contributed by atoms with Crippen LogP contribution in [0.2, 0.25) is 5.02 Å². The molecule has 3 rings (SSSR count). The number of hydrogen-bond acceptors (Lipinski definition) is 3. The van der Waals surface area contributed by atoms with Gasteiger partial charge in [0.05, 0.1) is 10.6 Å². The first-order chi connectivity index (χ1) is 14.2. The molecule has 0 saturated heterocycles. The normalized spacial score (nSPS) is 11.2. The van der Waals surface area contributed by atoms with Gasteiger partial charge in [0.2, 0.25) is 0 Å². The highest BCUT2D eigenvalue weighted by Crippen LogP contribution is 2.27. The molecule has 0 unspecified atom stereocenters. The molecule has 0 saturated carbocycles. The van der Waals surface area contributed by atoms with Gasteiger partial charge in [0.25, 0.3) is 15.9 Å². The summed E-state index contributed by atoms with van der Waals surface area (Å²) in [5.41, 5.74) is 2.54. The number of rotatable bonds is 6. The Morgan fingerprint density at radius 3 is 2.30 bits per heavy atom. The molecule has 0 aliphatic rings. The molecule has 0 fully saturated rings. The number of sulfonamides is 1. The molecular weight excluding hydrogens is 420 g/mol. The van der Waals surface area contributed by atoms with E-state index < -0.39 is 10.0 Å². The summed E-state index contributed by atoms with van der Waals surface area (Å²) >= 11 is 6.03. The van der Waals surface area contributed by atoms with Crippen molar-refractivity contribution in [1.29, 1.82) is 0 Å². The smallest absolute Gasteiger partial charge is 0.264 e. The quantitative estimate of drug-likeness (QED) is 0.553. The van der Waals surface area contributed by atoms with Crippen molar-refractivity contribution in [3.8, 4) is 0 Å². The fourth-order valence-corrected chi connectivity index (χ4v) is 4.65. The van der Waals surface area contributed by atoms with Gasteiger partial charge in [-0.15, -0.1) is 0 Å². The predicted molar refractivity (Wildman–Crippen MR) is 120 cm³/mol. The second-order valence-electron chi connectivity index (χ2n) is 7.08. The highest BCUT2D eigenvalue weighted by atomic mass is 35.5. The standard InChI is InChI=1S/C23H23ClN2O3S/c1-17-12-13-19(23(27)25(2)16-18-8-7-9-20(24)14-18)15-22(17)26(3)30(28,29)21-10-5-4-6-11-21/h4-15H,16H2,1-3H3. The maximum atomic E-state index is 13.0. The van der Waals surface area contributed by atoms with Gasteiger partial charge in [-0.05, 0) is 54.4 Å². The molecule has 0 radical (unpaired) electrons. The van der Waals surface area contributed by atoms with Crippen molar-refractivity contribution in [2.75, 3.05) is 18.4 Å². The number of benzene rings is 3. The summed E-state index contributed by atoms with van der Waals surface area (Å²) in [7, 11) is -0.541. The maximum Gasteiger partial charge on any atom is 0.264 e. The number of carbonyl (C=O) groups excluding carboxylic acids is 1. The average Bonchev–Trinajstić information content (AvgIpc) is 2.73. The second kappa shape index (κ2) is 8.90. The summed E-state index contributed by atoms with van der Waals surface area (Å²) in [6.45, 7) is 2.21. The maximum absolute atomic E-state index is 13.0. The van der Waals surface area contributed by atoms with Crippen LogP contribution in [0.3, 0.4) is 0 Å². The van der Waals surface area contributed by atoms with Crippen molar-refractivity contribution < 1.29 is 13.2 Å². The lowest BCUT2D eigenvalue weighted by atomic mass is 10.1. The molecule has 3 aromatic rings. The predicted octanol–water partition coefficient (Wildman–Crippen LogP) is 4.75. The number of halogens is 1. The number of carbonyl (C=O) groups is 1. The summed E-state index contributed by atoms with van der Waals surface area (Å²) in [5.74, 6) is -0.207. The van der Waals surface area contributed by atoms with Crippen LogP contribution in [-0.4, -0.2) is 33.3 Å². The number of hydrogen-bond donors (Lipinski definition) is 0. The van der Waals surface area contributed by atoms with Crippen LogP contribution in [0, 0.1) is 6.92 Å². The summed E-state index contributed by atoms with van der Waals surface area (Å²) in [6.07, 6.45) is 0. The third kappa shape index (κ3) is 4.66. The van der Waals surface area contributed by atoms with E-state index in [2.05, 4.69) is 0 Å². The zero-order valence-corrected chi connectivity index (χ0v) is 18.6. The average molecular weight is 443 g/mol. The van der Waals surface area contributed by atoms with Crippen molar-refractivity contribution in [2.24, 2.45) is 0 Å². The van der Waals surface area contributed by atoms with Crippen LogP contribution < -0.4 is 4.31 Å². The van der Waals surface area contributed by atoms with Crippen LogP contribution >= 0.6 is 11.6 Å². The lowest BCUT2D eigenvalue weighted by molar-refractivity contribution is 0.0785. The largest absolute Gasteiger partial charge is 0.337 e. The first kappa shape index (κ1) is 21.9. The zero-order valence-electron chi connectivity index (χ0n) is 17.0. The lowest BCUT2D eigenvalue weighted by Crippen LogP contribution is -2.29. The molecule has 5 nitrogen and oxygen atoms in total. The van der Waals surface area contributed by atoms with Crippen molar-refractivity contribution in [3.05, 3.63) is 94.5 Å². The Morgan fingerprint density at radius 2 is 1.63 bits per heavy atom. The lowest BCUT2D eigenvalue weighted by Gasteiger charge is -2.23. The monoisotopic (exact) mass is 442 g/mol. The van der Waals surface area contributed by atoms with Crippen molar-refractivity contribution in [3.63, 3.8) is 0 Å². The molecule has 0 heterocycles. The van der Waals surface area contributed by atoms with E-state index in [0.29, 0.717) is 22.8 Å². The fourth-order valence-electron chi connectivity index (χ4n) is 3.16. The third-order valence-corrected chi connectivity index (χ3v) is 6.87. The molecule has 0 N–H and O–H groups in total. The van der Waals surface area contributed by atoms with E-state index >= 15 is 0 Å². The number of amides is 1. The van der Waals surface area contributed by atoms with Gasteiger partial charge in [0, 0.05) is 31.2 Å². The molecule has 0 aliphatic heterocycles. The Bertz CT molecular complexity index is 1160. The number of nitrogens with zero attached hydrogens (tertiary/aromatic N) is 2. The molecule has 0 spiro atoms. The molecule has 30 heavy (non-hydrogen) atoms. The third-order valence-electron chi connectivity index (χ3n) is 4.85. The van der Waals surface area contributed by atoms with Gasteiger partial charge in [0.15, 0.2) is 0 Å². The number of anilines is 1. The van der Waals surface area contributed by atoms with Gasteiger partial charge in [0.1, 0.15) is 0 Å². The van der Waals surface area contributed by atoms with Crippen molar-refractivity contribution in [2.45, 2.75) is 18.4 Å². The Morgan fingerprint density at radius 1 is 0.933 bits per heavy atom. The molecule has 7 heteroatoms. The topological polar surface area (TPSA) is 57.7 Å². The fraction of sp³-hybridized carbons (Fsp3) is 0.174. The summed E-state index contributed by atoms with van der Waals surface area (Å²) in [4.78, 5) is 14.7. The Hall–Kier alpha value is -2.83. The van der Waals surface area contributed by atoms with E-state index in [1.165, 1.54) is 11.4 Å². The van der Waals surface area contributed by atoms with Gasteiger partial charge >= 0.3 is 0 Å². The molecule has 1 amide bonds. The van der Waals surface area contributed by atoms with Crippen LogP contribution in [0.1, 0.15) is 21.5 Å². The van der Waals surface area contributed by atoms with E-state index in [0.717, 1.165) is 11.1 Å². The zero-order chi connectivity index (χ0) is 21.9. The molecule has 0 aromatic heterocycles. The Kier molecular flexibility index (Phi) is 6.48. The molecule has 0 aliphatic carbocycles. The van der Waals surface area contributed by atoms with E-state index in [-0.39, 0.29) is 10.8 Å². The van der Waals surface area contributed by atoms with E-state index in [4.69, 9.17) is 11.6 Å². The van der Waals surface area contributed by atoms with Crippen LogP contribution in [0.4, 0.5) is 5.69 Å². The Balaban J connectivity index is 1.88. The summed E-state index contributed by atoms with van der Waals surface area (Å²) in [6, 6.07) is 20.6.